The van der Waals surface area contributed by atoms with E-state index in [4.69, 9.17) is 4.98 Å². The molecule has 2 heterocycles. The third-order valence-corrected chi connectivity index (χ3v) is 7.80. The van der Waals surface area contributed by atoms with E-state index >= 15 is 0 Å². The Morgan fingerprint density at radius 3 is 2.44 bits per heavy atom. The molecule has 0 atom stereocenters. The number of hydrogen-bond acceptors (Lipinski definition) is 4. The predicted octanol–water partition coefficient (Wildman–Crippen LogP) is 5.92. The van der Waals surface area contributed by atoms with E-state index in [9.17, 15) is 14.7 Å². The van der Waals surface area contributed by atoms with Gasteiger partial charge in [0.2, 0.25) is 0 Å². The van der Waals surface area contributed by atoms with Gasteiger partial charge in [-0.1, -0.05) is 54.6 Å². The Labute approximate surface area is 226 Å². The summed E-state index contributed by atoms with van der Waals surface area (Å²) < 4.78 is 1.86. The monoisotopic (exact) mass is 518 g/mol. The van der Waals surface area contributed by atoms with Gasteiger partial charge in [0.05, 0.1) is 41.0 Å². The lowest BCUT2D eigenvalue weighted by atomic mass is 9.82. The summed E-state index contributed by atoms with van der Waals surface area (Å²) in [4.78, 5) is 29.8. The van der Waals surface area contributed by atoms with Gasteiger partial charge in [0.15, 0.2) is 0 Å². The summed E-state index contributed by atoms with van der Waals surface area (Å²) in [6.07, 6.45) is 4.75. The van der Waals surface area contributed by atoms with Crippen molar-refractivity contribution in [2.24, 2.45) is 11.8 Å². The minimum atomic E-state index is -0.716. The maximum absolute atomic E-state index is 13.7. The maximum atomic E-state index is 13.7. The van der Waals surface area contributed by atoms with Gasteiger partial charge >= 0.3 is 5.97 Å². The number of fused-ring (bicyclic) bond motifs is 2. The van der Waals surface area contributed by atoms with Crippen molar-refractivity contribution in [1.82, 2.24) is 20.1 Å². The Balaban J connectivity index is 1.31. The molecule has 0 unspecified atom stereocenters. The van der Waals surface area contributed by atoms with E-state index in [0.717, 1.165) is 51.5 Å². The Morgan fingerprint density at radius 1 is 0.872 bits per heavy atom. The molecule has 0 radical (unpaired) electrons. The summed E-state index contributed by atoms with van der Waals surface area (Å²) in [5.41, 5.74) is 5.13. The number of para-hydroxylation sites is 1. The van der Waals surface area contributed by atoms with Crippen LogP contribution in [0.5, 0.6) is 0 Å². The first-order valence-electron chi connectivity index (χ1n) is 13.5. The number of aliphatic carboxylic acids is 1. The average Bonchev–Trinajstić information content (AvgIpc) is 3.38. The van der Waals surface area contributed by atoms with Crippen molar-refractivity contribution in [2.75, 3.05) is 6.54 Å². The van der Waals surface area contributed by atoms with Gasteiger partial charge in [-0.05, 0) is 67.0 Å². The molecule has 1 saturated carbocycles. The van der Waals surface area contributed by atoms with Crippen molar-refractivity contribution in [3.8, 4) is 11.1 Å². The van der Waals surface area contributed by atoms with Crippen molar-refractivity contribution in [3.05, 3.63) is 96.3 Å². The van der Waals surface area contributed by atoms with Gasteiger partial charge in [0.1, 0.15) is 0 Å². The highest BCUT2D eigenvalue weighted by atomic mass is 16.4. The lowest BCUT2D eigenvalue weighted by Gasteiger charge is -2.26. The fourth-order valence-electron chi connectivity index (χ4n) is 5.62. The molecule has 7 nitrogen and oxygen atoms in total. The number of carboxylic acid groups (broad SMARTS) is 1. The third-order valence-electron chi connectivity index (χ3n) is 7.80. The SMILES string of the molecule is O=C(NCC1CCC(C(=O)O)CC1)c1cc(-c2ccccc2)cc2cnn(Cc3ccc4ccccc4n3)c12. The molecule has 1 amide bonds. The topological polar surface area (TPSA) is 97.1 Å². The number of carbonyl (C=O) groups excluding carboxylic acids is 1. The average molecular weight is 519 g/mol. The summed E-state index contributed by atoms with van der Waals surface area (Å²) >= 11 is 0. The number of amides is 1. The van der Waals surface area contributed by atoms with Crippen LogP contribution < -0.4 is 5.32 Å². The second-order valence-corrected chi connectivity index (χ2v) is 10.4. The second kappa shape index (κ2) is 10.7. The van der Waals surface area contributed by atoms with Gasteiger partial charge in [0, 0.05) is 17.3 Å². The minimum absolute atomic E-state index is 0.147. The largest absolute Gasteiger partial charge is 0.481 e. The molecule has 2 aromatic heterocycles. The summed E-state index contributed by atoms with van der Waals surface area (Å²) in [6.45, 7) is 0.973. The number of nitrogens with one attached hydrogen (secondary N) is 1. The number of nitrogens with zero attached hydrogens (tertiary/aromatic N) is 3. The zero-order valence-electron chi connectivity index (χ0n) is 21.6. The zero-order chi connectivity index (χ0) is 26.8. The molecule has 2 N–H and O–H groups in total. The van der Waals surface area contributed by atoms with Crippen LogP contribution >= 0.6 is 0 Å². The van der Waals surface area contributed by atoms with Gasteiger partial charge in [-0.3, -0.25) is 19.3 Å². The summed E-state index contributed by atoms with van der Waals surface area (Å²) in [7, 11) is 0. The van der Waals surface area contributed by atoms with Crippen LogP contribution in [0.3, 0.4) is 0 Å². The van der Waals surface area contributed by atoms with Crippen LogP contribution in [0.2, 0.25) is 0 Å². The first-order chi connectivity index (χ1) is 19.0. The van der Waals surface area contributed by atoms with Crippen LogP contribution in [0.1, 0.15) is 41.7 Å². The highest BCUT2D eigenvalue weighted by molar-refractivity contribution is 6.07. The van der Waals surface area contributed by atoms with Gasteiger partial charge in [-0.25, -0.2) is 0 Å². The summed E-state index contributed by atoms with van der Waals surface area (Å²) in [5.74, 6) is -0.848. The molecule has 39 heavy (non-hydrogen) atoms. The molecule has 1 aliphatic carbocycles. The van der Waals surface area contributed by atoms with E-state index in [1.54, 1.807) is 0 Å². The Morgan fingerprint density at radius 2 is 1.64 bits per heavy atom. The van der Waals surface area contributed by atoms with E-state index < -0.39 is 5.97 Å². The van der Waals surface area contributed by atoms with Crippen LogP contribution in [-0.4, -0.2) is 38.3 Å². The molecule has 0 spiro atoms. The predicted molar refractivity (Wildman–Crippen MR) is 151 cm³/mol. The minimum Gasteiger partial charge on any atom is -0.481 e. The van der Waals surface area contributed by atoms with Crippen molar-refractivity contribution < 1.29 is 14.7 Å². The Kier molecular flexibility index (Phi) is 6.80. The standard InChI is InChI=1S/C32H30N4O3/c37-31(33-18-21-10-12-24(13-11-21)32(38)39)28-17-25(22-6-2-1-3-7-22)16-26-19-34-36(30(26)28)20-27-15-14-23-8-4-5-9-29(23)35-27/h1-9,14-17,19,21,24H,10-13,18,20H2,(H,33,37)(H,38,39). The van der Waals surface area contributed by atoms with Crippen LogP contribution in [-0.2, 0) is 11.3 Å². The molecule has 0 bridgehead atoms. The van der Waals surface area contributed by atoms with Crippen molar-refractivity contribution in [2.45, 2.75) is 32.2 Å². The van der Waals surface area contributed by atoms with Crippen LogP contribution in [0.25, 0.3) is 32.9 Å². The first kappa shape index (κ1) is 24.8. The van der Waals surface area contributed by atoms with E-state index in [0.29, 0.717) is 31.5 Å². The lowest BCUT2D eigenvalue weighted by molar-refractivity contribution is -0.143. The maximum Gasteiger partial charge on any atom is 0.306 e. The smallest absolute Gasteiger partial charge is 0.306 e. The molecule has 6 rings (SSSR count). The van der Waals surface area contributed by atoms with E-state index in [1.807, 2.05) is 77.6 Å². The number of hydrogen-bond donors (Lipinski definition) is 2. The van der Waals surface area contributed by atoms with E-state index in [2.05, 4.69) is 22.5 Å². The molecule has 1 aliphatic rings. The van der Waals surface area contributed by atoms with Crippen LogP contribution in [0.15, 0.2) is 85.1 Å². The Bertz CT molecular complexity index is 1650. The van der Waals surface area contributed by atoms with Gasteiger partial charge in [-0.2, -0.15) is 5.10 Å². The van der Waals surface area contributed by atoms with E-state index in [-0.39, 0.29) is 17.7 Å². The van der Waals surface area contributed by atoms with Crippen LogP contribution in [0.4, 0.5) is 0 Å². The van der Waals surface area contributed by atoms with Gasteiger partial charge < -0.3 is 10.4 Å². The van der Waals surface area contributed by atoms with Crippen LogP contribution in [0, 0.1) is 11.8 Å². The molecular formula is C32H30N4O3. The number of carboxylic acids is 1. The third kappa shape index (κ3) is 5.25. The quantitative estimate of drug-likeness (QED) is 0.279. The molecule has 3 aromatic carbocycles. The number of aromatic nitrogens is 3. The fraction of sp³-hybridized carbons (Fsp3) is 0.250. The summed E-state index contributed by atoms with van der Waals surface area (Å²) in [5, 5.41) is 19.1. The molecule has 7 heteroatoms. The fourth-order valence-corrected chi connectivity index (χ4v) is 5.62. The molecule has 196 valence electrons. The molecule has 5 aromatic rings. The van der Waals surface area contributed by atoms with Gasteiger partial charge in [-0.15, -0.1) is 0 Å². The Hall–Kier alpha value is -4.52. The molecule has 0 aliphatic heterocycles. The number of pyridine rings is 1. The second-order valence-electron chi connectivity index (χ2n) is 10.4. The molecular weight excluding hydrogens is 488 g/mol. The summed E-state index contributed by atoms with van der Waals surface area (Å²) in [6, 6.07) is 26.1. The first-order valence-corrected chi connectivity index (χ1v) is 13.5. The lowest BCUT2D eigenvalue weighted by Crippen LogP contribution is -2.32. The zero-order valence-corrected chi connectivity index (χ0v) is 21.6. The molecule has 1 fully saturated rings. The normalized spacial score (nSPS) is 17.3. The van der Waals surface area contributed by atoms with Gasteiger partial charge in [0.25, 0.3) is 5.91 Å². The van der Waals surface area contributed by atoms with E-state index in [1.165, 1.54) is 0 Å². The van der Waals surface area contributed by atoms with Crippen molar-refractivity contribution in [3.63, 3.8) is 0 Å². The number of benzene rings is 3. The van der Waals surface area contributed by atoms with Crippen molar-refractivity contribution >= 4 is 33.7 Å². The highest BCUT2D eigenvalue weighted by Gasteiger charge is 2.26. The number of carbonyl (C=O) groups is 2. The highest BCUT2D eigenvalue weighted by Crippen LogP contribution is 2.30. The number of rotatable bonds is 7. The molecule has 0 saturated heterocycles. The van der Waals surface area contributed by atoms with Crippen molar-refractivity contribution in [1.29, 1.82) is 0 Å².